The monoisotopic (exact) mass is 158 g/mol. The number of rotatable bonds is 2. The van der Waals surface area contributed by atoms with Crippen LogP contribution in [0.25, 0.3) is 0 Å². The summed E-state index contributed by atoms with van der Waals surface area (Å²) in [4.78, 5) is 0. The van der Waals surface area contributed by atoms with E-state index in [1.54, 1.807) is 19.9 Å². The maximum absolute atomic E-state index is 12.7. The van der Waals surface area contributed by atoms with Gasteiger partial charge < -0.3 is 0 Å². The zero-order valence-electron chi connectivity index (χ0n) is 6.99. The molecule has 62 valence electrons. The Kier molecular flexibility index (Phi) is 4.42. The van der Waals surface area contributed by atoms with Gasteiger partial charge in [0, 0.05) is 0 Å². The molecular weight excluding hydrogens is 146 g/mol. The summed E-state index contributed by atoms with van der Waals surface area (Å²) in [5.41, 5.74) is 0.516. The highest BCUT2D eigenvalue weighted by Gasteiger charge is 1.93. The van der Waals surface area contributed by atoms with Crippen LogP contribution in [0.4, 0.5) is 8.78 Å². The average molecular weight is 158 g/mol. The minimum absolute atomic E-state index is 0.399. The van der Waals surface area contributed by atoms with Gasteiger partial charge in [-0.1, -0.05) is 6.08 Å². The molecule has 0 aromatic heterocycles. The van der Waals surface area contributed by atoms with E-state index in [4.69, 9.17) is 0 Å². The second kappa shape index (κ2) is 4.83. The van der Waals surface area contributed by atoms with E-state index in [-0.39, 0.29) is 0 Å². The van der Waals surface area contributed by atoms with Crippen LogP contribution >= 0.6 is 0 Å². The van der Waals surface area contributed by atoms with Gasteiger partial charge in [-0.2, -0.15) is 0 Å². The van der Waals surface area contributed by atoms with E-state index in [9.17, 15) is 8.78 Å². The molecule has 0 rings (SSSR count). The van der Waals surface area contributed by atoms with Crippen LogP contribution in [0.3, 0.4) is 0 Å². The molecule has 0 unspecified atom stereocenters. The fourth-order valence-electron chi connectivity index (χ4n) is 0.457. The fraction of sp³-hybridized carbons (Fsp3) is 0.333. The number of allylic oxidation sites excluding steroid dienone is 6. The molecule has 0 heterocycles. The van der Waals surface area contributed by atoms with Crippen LogP contribution in [0.1, 0.15) is 20.8 Å². The summed E-state index contributed by atoms with van der Waals surface area (Å²) in [5, 5.41) is 0. The largest absolute Gasteiger partial charge is 0.212 e. The van der Waals surface area contributed by atoms with Crippen molar-refractivity contribution in [3.63, 3.8) is 0 Å². The van der Waals surface area contributed by atoms with Crippen LogP contribution in [0.15, 0.2) is 35.5 Å². The second-order valence-corrected chi connectivity index (χ2v) is 2.24. The van der Waals surface area contributed by atoms with Gasteiger partial charge >= 0.3 is 0 Å². The van der Waals surface area contributed by atoms with Crippen LogP contribution in [0.5, 0.6) is 0 Å². The average Bonchev–Trinajstić information content (AvgIpc) is 1.98. The maximum atomic E-state index is 12.7. The van der Waals surface area contributed by atoms with Crippen molar-refractivity contribution in [2.75, 3.05) is 0 Å². The highest BCUT2D eigenvalue weighted by Crippen LogP contribution is 2.10. The van der Waals surface area contributed by atoms with Crippen LogP contribution in [0, 0.1) is 0 Å². The third-order valence-electron chi connectivity index (χ3n) is 1.27. The molecule has 0 aliphatic carbocycles. The standard InChI is InChI=1S/C9H12F2/c1-4-7(2)9(11)6-5-8(3)10/h4-6H,1-3H3/b7-4+,8-5+,9-6+. The molecule has 0 fully saturated rings. The summed E-state index contributed by atoms with van der Waals surface area (Å²) >= 11 is 0. The predicted molar refractivity (Wildman–Crippen MR) is 43.5 cm³/mol. The zero-order valence-corrected chi connectivity index (χ0v) is 6.99. The van der Waals surface area contributed by atoms with Crippen molar-refractivity contribution < 1.29 is 8.78 Å². The summed E-state index contributed by atoms with van der Waals surface area (Å²) in [5.74, 6) is -0.798. The zero-order chi connectivity index (χ0) is 8.85. The van der Waals surface area contributed by atoms with E-state index >= 15 is 0 Å². The first kappa shape index (κ1) is 10.1. The van der Waals surface area contributed by atoms with Crippen molar-refractivity contribution in [3.8, 4) is 0 Å². The number of hydrogen-bond acceptors (Lipinski definition) is 0. The Labute approximate surface area is 65.9 Å². The van der Waals surface area contributed by atoms with Crippen LogP contribution < -0.4 is 0 Å². The molecule has 0 bridgehead atoms. The Morgan fingerprint density at radius 2 is 1.64 bits per heavy atom. The van der Waals surface area contributed by atoms with Crippen molar-refractivity contribution in [2.24, 2.45) is 0 Å². The lowest BCUT2D eigenvalue weighted by Crippen LogP contribution is -1.74. The second-order valence-electron chi connectivity index (χ2n) is 2.24. The van der Waals surface area contributed by atoms with Crippen molar-refractivity contribution in [3.05, 3.63) is 35.5 Å². The molecule has 0 spiro atoms. The molecule has 0 saturated carbocycles. The third kappa shape index (κ3) is 4.48. The van der Waals surface area contributed by atoms with Gasteiger partial charge in [0.25, 0.3) is 0 Å². The number of hydrogen-bond donors (Lipinski definition) is 0. The van der Waals surface area contributed by atoms with Gasteiger partial charge in [0.1, 0.15) is 5.83 Å². The lowest BCUT2D eigenvalue weighted by molar-refractivity contribution is 0.633. The summed E-state index contributed by atoms with van der Waals surface area (Å²) < 4.78 is 24.8. The summed E-state index contributed by atoms with van der Waals surface area (Å²) in [7, 11) is 0. The quantitative estimate of drug-likeness (QED) is 0.538. The van der Waals surface area contributed by atoms with E-state index in [1.807, 2.05) is 0 Å². The Bertz CT molecular complexity index is 206. The molecule has 0 aromatic rings. The van der Waals surface area contributed by atoms with Gasteiger partial charge in [-0.15, -0.1) is 0 Å². The highest BCUT2D eigenvalue weighted by atomic mass is 19.1. The van der Waals surface area contributed by atoms with E-state index in [0.717, 1.165) is 12.2 Å². The Morgan fingerprint density at radius 1 is 1.09 bits per heavy atom. The lowest BCUT2D eigenvalue weighted by atomic mass is 10.2. The van der Waals surface area contributed by atoms with Gasteiger partial charge in [0.15, 0.2) is 0 Å². The van der Waals surface area contributed by atoms with Crippen molar-refractivity contribution >= 4 is 0 Å². The SMILES string of the molecule is C/C=C(C)/C(F)=C\C=C(/C)F. The first-order chi connectivity index (χ1) is 5.07. The lowest BCUT2D eigenvalue weighted by Gasteiger charge is -1.92. The maximum Gasteiger partial charge on any atom is 0.125 e. The minimum Gasteiger partial charge on any atom is -0.212 e. The minimum atomic E-state index is -0.399. The molecule has 0 aliphatic heterocycles. The molecule has 0 aliphatic rings. The van der Waals surface area contributed by atoms with Gasteiger partial charge in [-0.3, -0.25) is 0 Å². The van der Waals surface area contributed by atoms with Crippen molar-refractivity contribution in [2.45, 2.75) is 20.8 Å². The fourth-order valence-corrected chi connectivity index (χ4v) is 0.457. The van der Waals surface area contributed by atoms with Gasteiger partial charge in [-0.05, 0) is 38.5 Å². The molecule has 0 aromatic carbocycles. The van der Waals surface area contributed by atoms with E-state index in [1.165, 1.54) is 6.92 Å². The topological polar surface area (TPSA) is 0 Å². The molecule has 0 N–H and O–H groups in total. The molecular formula is C9H12F2. The Morgan fingerprint density at radius 3 is 2.00 bits per heavy atom. The first-order valence-electron chi connectivity index (χ1n) is 3.40. The van der Waals surface area contributed by atoms with Crippen LogP contribution in [0.2, 0.25) is 0 Å². The molecule has 11 heavy (non-hydrogen) atoms. The van der Waals surface area contributed by atoms with Crippen molar-refractivity contribution in [1.82, 2.24) is 0 Å². The third-order valence-corrected chi connectivity index (χ3v) is 1.27. The van der Waals surface area contributed by atoms with Gasteiger partial charge in [0.2, 0.25) is 0 Å². The molecule has 0 nitrogen and oxygen atoms in total. The van der Waals surface area contributed by atoms with Crippen molar-refractivity contribution in [1.29, 1.82) is 0 Å². The summed E-state index contributed by atoms with van der Waals surface area (Å²) in [6.07, 6.45) is 3.85. The smallest absolute Gasteiger partial charge is 0.125 e. The van der Waals surface area contributed by atoms with Crippen LogP contribution in [-0.2, 0) is 0 Å². The Balaban J connectivity index is 4.36. The molecule has 0 atom stereocenters. The summed E-state index contributed by atoms with van der Waals surface area (Å²) in [6.45, 7) is 4.64. The Hall–Kier alpha value is -0.920. The molecule has 0 radical (unpaired) electrons. The normalized spacial score (nSPS) is 15.5. The van der Waals surface area contributed by atoms with Crippen LogP contribution in [-0.4, -0.2) is 0 Å². The van der Waals surface area contributed by atoms with E-state index < -0.39 is 11.7 Å². The number of halogens is 2. The predicted octanol–water partition coefficient (Wildman–Crippen LogP) is 3.68. The van der Waals surface area contributed by atoms with Gasteiger partial charge in [0.05, 0.1) is 5.83 Å². The molecule has 2 heteroatoms. The highest BCUT2D eigenvalue weighted by molar-refractivity contribution is 5.26. The molecule has 0 saturated heterocycles. The summed E-state index contributed by atoms with van der Waals surface area (Å²) in [6, 6.07) is 0. The van der Waals surface area contributed by atoms with E-state index in [0.29, 0.717) is 5.57 Å². The van der Waals surface area contributed by atoms with E-state index in [2.05, 4.69) is 0 Å². The first-order valence-corrected chi connectivity index (χ1v) is 3.40. The molecule has 0 amide bonds. The van der Waals surface area contributed by atoms with Gasteiger partial charge in [-0.25, -0.2) is 8.78 Å².